The van der Waals surface area contributed by atoms with E-state index in [1.807, 2.05) is 0 Å². The molecule has 2 rings (SSSR count). The molecule has 0 amide bonds. The number of nitrogens with zero attached hydrogens (tertiary/aromatic N) is 1. The Balaban J connectivity index is 2.16. The summed E-state index contributed by atoms with van der Waals surface area (Å²) >= 11 is 0. The predicted molar refractivity (Wildman–Crippen MR) is 68.5 cm³/mol. The smallest absolute Gasteiger partial charge is 0.307 e. The van der Waals surface area contributed by atoms with Crippen LogP contribution in [0.2, 0.25) is 0 Å². The van der Waals surface area contributed by atoms with Gasteiger partial charge in [-0.25, -0.2) is 4.39 Å². The molecule has 1 aromatic carbocycles. The first-order valence-corrected chi connectivity index (χ1v) is 5.89. The summed E-state index contributed by atoms with van der Waals surface area (Å²) in [6.07, 6.45) is 1.99. The average molecular weight is 282 g/mol. The summed E-state index contributed by atoms with van der Waals surface area (Å²) in [6.45, 7) is 1.76. The summed E-state index contributed by atoms with van der Waals surface area (Å²) in [5.74, 6) is -1.38. The van der Waals surface area contributed by atoms with E-state index < -0.39 is 22.2 Å². The monoisotopic (exact) mass is 282 g/mol. The van der Waals surface area contributed by atoms with Gasteiger partial charge in [-0.15, -0.1) is 0 Å². The van der Waals surface area contributed by atoms with Gasteiger partial charge >= 0.3 is 5.69 Å². The lowest BCUT2D eigenvalue weighted by Crippen LogP contribution is -2.18. The van der Waals surface area contributed by atoms with Crippen molar-refractivity contribution >= 4 is 11.4 Å². The molecule has 0 aliphatic rings. The maximum atomic E-state index is 13.6. The zero-order valence-electron chi connectivity index (χ0n) is 10.6. The molecule has 2 aromatic rings. The molecule has 1 unspecified atom stereocenters. The SMILES string of the molecule is CC(Cc1ccco1)Nc1cc([N+](=O)[O-])c(F)cc1F. The van der Waals surface area contributed by atoms with Gasteiger partial charge < -0.3 is 9.73 Å². The van der Waals surface area contributed by atoms with Crippen molar-refractivity contribution in [2.75, 3.05) is 5.32 Å². The largest absolute Gasteiger partial charge is 0.469 e. The van der Waals surface area contributed by atoms with E-state index >= 15 is 0 Å². The molecule has 0 fully saturated rings. The van der Waals surface area contributed by atoms with Crippen molar-refractivity contribution in [1.29, 1.82) is 0 Å². The third-order valence-electron chi connectivity index (χ3n) is 2.72. The van der Waals surface area contributed by atoms with Crippen LogP contribution in [0, 0.1) is 21.7 Å². The molecule has 1 heterocycles. The average Bonchev–Trinajstić information content (AvgIpc) is 2.84. The minimum atomic E-state index is -1.20. The van der Waals surface area contributed by atoms with Crippen molar-refractivity contribution in [3.63, 3.8) is 0 Å². The fourth-order valence-electron chi connectivity index (χ4n) is 1.84. The van der Waals surface area contributed by atoms with E-state index in [-0.39, 0.29) is 11.7 Å². The highest BCUT2D eigenvalue weighted by Crippen LogP contribution is 2.25. The number of halogens is 2. The summed E-state index contributed by atoms with van der Waals surface area (Å²) < 4.78 is 31.9. The molecular formula is C13H12F2N2O3. The van der Waals surface area contributed by atoms with Crippen molar-refractivity contribution < 1.29 is 18.1 Å². The number of rotatable bonds is 5. The normalized spacial score (nSPS) is 12.2. The first-order chi connectivity index (χ1) is 9.47. The van der Waals surface area contributed by atoms with Crippen LogP contribution in [-0.2, 0) is 6.42 Å². The van der Waals surface area contributed by atoms with E-state index in [1.54, 1.807) is 19.1 Å². The molecule has 7 heteroatoms. The van der Waals surface area contributed by atoms with Crippen molar-refractivity contribution in [3.8, 4) is 0 Å². The van der Waals surface area contributed by atoms with Crippen LogP contribution in [0.1, 0.15) is 12.7 Å². The number of nitro benzene ring substituents is 1. The zero-order chi connectivity index (χ0) is 14.7. The molecule has 0 saturated carbocycles. The molecule has 0 spiro atoms. The van der Waals surface area contributed by atoms with E-state index in [2.05, 4.69) is 5.32 Å². The minimum Gasteiger partial charge on any atom is -0.469 e. The molecule has 5 nitrogen and oxygen atoms in total. The lowest BCUT2D eigenvalue weighted by atomic mass is 10.1. The molecule has 1 N–H and O–H groups in total. The number of benzene rings is 1. The fraction of sp³-hybridized carbons (Fsp3) is 0.231. The fourth-order valence-corrected chi connectivity index (χ4v) is 1.84. The Morgan fingerprint density at radius 1 is 1.40 bits per heavy atom. The molecule has 0 aliphatic heterocycles. The Hall–Kier alpha value is -2.44. The second-order valence-corrected chi connectivity index (χ2v) is 4.37. The highest BCUT2D eigenvalue weighted by atomic mass is 19.1. The second kappa shape index (κ2) is 5.68. The maximum absolute atomic E-state index is 13.6. The van der Waals surface area contributed by atoms with E-state index in [0.29, 0.717) is 18.2 Å². The molecule has 1 atom stereocenters. The molecule has 0 bridgehead atoms. The van der Waals surface area contributed by atoms with Crippen LogP contribution in [0.3, 0.4) is 0 Å². The molecule has 1 aromatic heterocycles. The van der Waals surface area contributed by atoms with Crippen molar-refractivity contribution in [2.24, 2.45) is 0 Å². The first kappa shape index (κ1) is 14.0. The Bertz CT molecular complexity index is 614. The Morgan fingerprint density at radius 3 is 2.75 bits per heavy atom. The minimum absolute atomic E-state index is 0.114. The highest BCUT2D eigenvalue weighted by molar-refractivity contribution is 5.53. The van der Waals surface area contributed by atoms with Crippen LogP contribution in [0.25, 0.3) is 0 Å². The molecule has 106 valence electrons. The molecule has 0 radical (unpaired) electrons. The Morgan fingerprint density at radius 2 is 2.15 bits per heavy atom. The van der Waals surface area contributed by atoms with Crippen LogP contribution in [-0.4, -0.2) is 11.0 Å². The number of hydrogen-bond acceptors (Lipinski definition) is 4. The van der Waals surface area contributed by atoms with Gasteiger partial charge in [0.15, 0.2) is 0 Å². The lowest BCUT2D eigenvalue weighted by molar-refractivity contribution is -0.387. The van der Waals surface area contributed by atoms with Gasteiger partial charge in [-0.05, 0) is 19.1 Å². The summed E-state index contributed by atoms with van der Waals surface area (Å²) in [6, 6.07) is 4.61. The second-order valence-electron chi connectivity index (χ2n) is 4.37. The van der Waals surface area contributed by atoms with Gasteiger partial charge in [0, 0.05) is 24.6 Å². The standard InChI is InChI=1S/C13H12F2N2O3/c1-8(5-9-3-2-4-20-9)16-12-7-13(17(18)19)11(15)6-10(12)14/h2-4,6-8,16H,5H2,1H3. The number of nitro groups is 1. The summed E-state index contributed by atoms with van der Waals surface area (Å²) in [7, 11) is 0. The predicted octanol–water partition coefficient (Wildman–Crippen LogP) is 3.51. The van der Waals surface area contributed by atoms with Gasteiger partial charge in [0.25, 0.3) is 0 Å². The Kier molecular flexibility index (Phi) is 3.97. The van der Waals surface area contributed by atoms with Gasteiger partial charge in [0.1, 0.15) is 11.6 Å². The van der Waals surface area contributed by atoms with Gasteiger partial charge in [-0.3, -0.25) is 10.1 Å². The zero-order valence-corrected chi connectivity index (χ0v) is 10.6. The number of nitrogens with one attached hydrogen (secondary N) is 1. The maximum Gasteiger partial charge on any atom is 0.307 e. The van der Waals surface area contributed by atoms with Crippen LogP contribution in [0.15, 0.2) is 34.9 Å². The van der Waals surface area contributed by atoms with Crippen LogP contribution < -0.4 is 5.32 Å². The van der Waals surface area contributed by atoms with Gasteiger partial charge in [-0.1, -0.05) is 0 Å². The molecule has 0 aliphatic carbocycles. The van der Waals surface area contributed by atoms with Gasteiger partial charge in [0.05, 0.1) is 16.9 Å². The van der Waals surface area contributed by atoms with Gasteiger partial charge in [0.2, 0.25) is 5.82 Å². The van der Waals surface area contributed by atoms with Crippen LogP contribution >= 0.6 is 0 Å². The van der Waals surface area contributed by atoms with Crippen LogP contribution in [0.5, 0.6) is 0 Å². The topological polar surface area (TPSA) is 68.3 Å². The number of anilines is 1. The van der Waals surface area contributed by atoms with E-state index in [1.165, 1.54) is 6.26 Å². The number of furan rings is 1. The lowest BCUT2D eigenvalue weighted by Gasteiger charge is -2.14. The van der Waals surface area contributed by atoms with Crippen LogP contribution in [0.4, 0.5) is 20.2 Å². The highest BCUT2D eigenvalue weighted by Gasteiger charge is 2.19. The van der Waals surface area contributed by atoms with E-state index in [0.717, 1.165) is 6.07 Å². The first-order valence-electron chi connectivity index (χ1n) is 5.89. The molecule has 20 heavy (non-hydrogen) atoms. The third-order valence-corrected chi connectivity index (χ3v) is 2.72. The van der Waals surface area contributed by atoms with E-state index in [9.17, 15) is 18.9 Å². The third kappa shape index (κ3) is 3.11. The summed E-state index contributed by atoms with van der Waals surface area (Å²) in [5, 5.41) is 13.4. The van der Waals surface area contributed by atoms with Gasteiger partial charge in [-0.2, -0.15) is 4.39 Å². The van der Waals surface area contributed by atoms with Crippen molar-refractivity contribution in [2.45, 2.75) is 19.4 Å². The summed E-state index contributed by atoms with van der Waals surface area (Å²) in [4.78, 5) is 9.74. The molecule has 0 saturated heterocycles. The molecular weight excluding hydrogens is 270 g/mol. The summed E-state index contributed by atoms with van der Waals surface area (Å²) in [5.41, 5.74) is -0.878. The Labute approximate surface area is 113 Å². The van der Waals surface area contributed by atoms with Crippen molar-refractivity contribution in [1.82, 2.24) is 0 Å². The number of hydrogen-bond donors (Lipinski definition) is 1. The van der Waals surface area contributed by atoms with E-state index in [4.69, 9.17) is 4.42 Å². The quantitative estimate of drug-likeness (QED) is 0.673. The van der Waals surface area contributed by atoms with Crippen molar-refractivity contribution in [3.05, 3.63) is 58.0 Å².